The quantitative estimate of drug-likeness (QED) is 0.556. The highest BCUT2D eigenvalue weighted by Gasteiger charge is 2.40. The molecule has 0 fully saturated rings. The van der Waals surface area contributed by atoms with E-state index >= 15 is 0 Å². The maximum absolute atomic E-state index is 13.3. The summed E-state index contributed by atoms with van der Waals surface area (Å²) in [4.78, 5) is 28.3. The Balaban J connectivity index is 1.85. The number of fused-ring (bicyclic) bond motifs is 1. The predicted octanol–water partition coefficient (Wildman–Crippen LogP) is 5.87. The van der Waals surface area contributed by atoms with Crippen LogP contribution in [0.1, 0.15) is 80.3 Å². The molecule has 33 heavy (non-hydrogen) atoms. The van der Waals surface area contributed by atoms with Crippen molar-refractivity contribution < 1.29 is 9.59 Å². The van der Waals surface area contributed by atoms with Gasteiger partial charge in [-0.15, -0.1) is 0 Å². The van der Waals surface area contributed by atoms with Crippen molar-refractivity contribution in [1.29, 1.82) is 0 Å². The maximum Gasteiger partial charge on any atom is 0.257 e. The first-order valence-electron chi connectivity index (χ1n) is 11.6. The number of benzene rings is 2. The highest BCUT2D eigenvalue weighted by Crippen LogP contribution is 2.37. The summed E-state index contributed by atoms with van der Waals surface area (Å²) in [6.07, 6.45) is 0. The van der Waals surface area contributed by atoms with E-state index < -0.39 is 0 Å². The molecule has 0 bridgehead atoms. The monoisotopic (exact) mass is 469 g/mol. The molecule has 1 aliphatic heterocycles. The SMILES string of the molecule is CC(C)CNCc1ccc(Cl)c(C(=O)Nc2ccc3c(c2)C(=O)N(C(C)(C)C)CC3(C)C)c1. The van der Waals surface area contributed by atoms with E-state index in [1.807, 2.05) is 49.9 Å². The van der Waals surface area contributed by atoms with Gasteiger partial charge in [-0.3, -0.25) is 9.59 Å². The molecular formula is C27H36ClN3O2. The molecule has 0 atom stereocenters. The van der Waals surface area contributed by atoms with Crippen molar-refractivity contribution in [2.24, 2.45) is 5.92 Å². The Bertz CT molecular complexity index is 1050. The van der Waals surface area contributed by atoms with Crippen molar-refractivity contribution >= 4 is 29.1 Å². The first-order valence-corrected chi connectivity index (χ1v) is 11.9. The summed E-state index contributed by atoms with van der Waals surface area (Å²) in [6.45, 7) is 16.9. The second-order valence-corrected chi connectivity index (χ2v) is 11.4. The van der Waals surface area contributed by atoms with Gasteiger partial charge in [0.15, 0.2) is 0 Å². The van der Waals surface area contributed by atoms with Gasteiger partial charge in [0.2, 0.25) is 0 Å². The molecule has 2 amide bonds. The fraction of sp³-hybridized carbons (Fsp3) is 0.481. The largest absolute Gasteiger partial charge is 0.333 e. The third-order valence-corrected chi connectivity index (χ3v) is 6.33. The molecule has 2 N–H and O–H groups in total. The molecule has 6 heteroatoms. The third kappa shape index (κ3) is 5.77. The Hall–Kier alpha value is -2.37. The van der Waals surface area contributed by atoms with E-state index in [0.717, 1.165) is 17.7 Å². The van der Waals surface area contributed by atoms with Crippen molar-refractivity contribution in [3.05, 3.63) is 63.7 Å². The molecule has 0 aliphatic carbocycles. The zero-order valence-electron chi connectivity index (χ0n) is 20.8. The van der Waals surface area contributed by atoms with E-state index in [1.54, 1.807) is 12.1 Å². The number of carbonyl (C=O) groups is 2. The summed E-state index contributed by atoms with van der Waals surface area (Å²) in [5.74, 6) is 0.246. The Labute approximate surface area is 202 Å². The molecule has 0 unspecified atom stereocenters. The van der Waals surface area contributed by atoms with E-state index in [2.05, 4.69) is 38.3 Å². The third-order valence-electron chi connectivity index (χ3n) is 6.00. The zero-order valence-corrected chi connectivity index (χ0v) is 21.6. The summed E-state index contributed by atoms with van der Waals surface area (Å²) in [6, 6.07) is 11.1. The molecule has 1 heterocycles. The van der Waals surface area contributed by atoms with E-state index in [9.17, 15) is 9.59 Å². The van der Waals surface area contributed by atoms with Crippen LogP contribution in [0.3, 0.4) is 0 Å². The van der Waals surface area contributed by atoms with Crippen LogP contribution in [-0.4, -0.2) is 35.3 Å². The van der Waals surface area contributed by atoms with Gasteiger partial charge in [-0.25, -0.2) is 0 Å². The standard InChI is InChI=1S/C27H36ClN3O2/c1-17(2)14-29-15-18-8-11-23(28)21(12-18)24(32)30-19-9-10-22-20(13-19)25(33)31(26(3,4)5)16-27(22,6)7/h8-13,17,29H,14-16H2,1-7H3,(H,30,32). The first kappa shape index (κ1) is 25.3. The lowest BCUT2D eigenvalue weighted by Gasteiger charge is -2.46. The van der Waals surface area contributed by atoms with Crippen molar-refractivity contribution in [3.63, 3.8) is 0 Å². The van der Waals surface area contributed by atoms with Crippen molar-refractivity contribution in [2.45, 2.75) is 66.0 Å². The van der Waals surface area contributed by atoms with E-state index in [-0.39, 0.29) is 22.8 Å². The Kier molecular flexibility index (Phi) is 7.25. The van der Waals surface area contributed by atoms with Gasteiger partial charge in [0.25, 0.3) is 11.8 Å². The van der Waals surface area contributed by atoms with Gasteiger partial charge >= 0.3 is 0 Å². The summed E-state index contributed by atoms with van der Waals surface area (Å²) in [5, 5.41) is 6.72. The van der Waals surface area contributed by atoms with Crippen molar-refractivity contribution in [2.75, 3.05) is 18.4 Å². The number of hydrogen-bond donors (Lipinski definition) is 2. The van der Waals surface area contributed by atoms with Crippen LogP contribution in [0.25, 0.3) is 0 Å². The van der Waals surface area contributed by atoms with Gasteiger partial charge in [-0.1, -0.05) is 51.4 Å². The predicted molar refractivity (Wildman–Crippen MR) is 136 cm³/mol. The smallest absolute Gasteiger partial charge is 0.257 e. The Morgan fingerprint density at radius 3 is 2.48 bits per heavy atom. The maximum atomic E-state index is 13.3. The molecular weight excluding hydrogens is 434 g/mol. The second-order valence-electron chi connectivity index (χ2n) is 11.0. The lowest BCUT2D eigenvalue weighted by molar-refractivity contribution is 0.0479. The van der Waals surface area contributed by atoms with Crippen molar-refractivity contribution in [3.8, 4) is 0 Å². The summed E-state index contributed by atoms with van der Waals surface area (Å²) < 4.78 is 0. The van der Waals surface area contributed by atoms with Gasteiger partial charge in [0, 0.05) is 35.3 Å². The van der Waals surface area contributed by atoms with Gasteiger partial charge in [0.1, 0.15) is 0 Å². The van der Waals surface area contributed by atoms with Crippen LogP contribution >= 0.6 is 11.6 Å². The van der Waals surface area contributed by atoms with Crippen LogP contribution in [0.4, 0.5) is 5.69 Å². The first-order chi connectivity index (χ1) is 15.3. The van der Waals surface area contributed by atoms with Crippen LogP contribution < -0.4 is 10.6 Å². The minimum atomic E-state index is -0.291. The number of nitrogens with one attached hydrogen (secondary N) is 2. The summed E-state index contributed by atoms with van der Waals surface area (Å²) in [5.41, 5.74) is 3.16. The minimum absolute atomic E-state index is 0.0100. The molecule has 0 radical (unpaired) electrons. The molecule has 3 rings (SSSR count). The van der Waals surface area contributed by atoms with Gasteiger partial charge in [-0.05, 0) is 68.6 Å². The molecule has 0 saturated heterocycles. The zero-order chi connectivity index (χ0) is 24.6. The van der Waals surface area contributed by atoms with Gasteiger partial charge in [0.05, 0.1) is 10.6 Å². The number of anilines is 1. The molecule has 1 aliphatic rings. The van der Waals surface area contributed by atoms with E-state index in [1.165, 1.54) is 0 Å². The number of rotatable bonds is 6. The number of halogens is 1. The molecule has 0 aromatic heterocycles. The molecule has 178 valence electrons. The lowest BCUT2D eigenvalue weighted by Crippen LogP contribution is -2.54. The second kappa shape index (κ2) is 9.47. The highest BCUT2D eigenvalue weighted by molar-refractivity contribution is 6.34. The van der Waals surface area contributed by atoms with Crippen LogP contribution in [0, 0.1) is 5.92 Å². The molecule has 2 aromatic carbocycles. The van der Waals surface area contributed by atoms with Crippen LogP contribution in [-0.2, 0) is 12.0 Å². The highest BCUT2D eigenvalue weighted by atomic mass is 35.5. The molecule has 2 aromatic rings. The summed E-state index contributed by atoms with van der Waals surface area (Å²) >= 11 is 6.34. The van der Waals surface area contributed by atoms with E-state index in [0.29, 0.717) is 40.8 Å². The number of carbonyl (C=O) groups excluding carboxylic acids is 2. The fourth-order valence-electron chi connectivity index (χ4n) is 4.19. The number of hydrogen-bond acceptors (Lipinski definition) is 3. The topological polar surface area (TPSA) is 61.4 Å². The van der Waals surface area contributed by atoms with Gasteiger partial charge < -0.3 is 15.5 Å². The van der Waals surface area contributed by atoms with E-state index in [4.69, 9.17) is 11.6 Å². The lowest BCUT2D eigenvalue weighted by atomic mass is 9.76. The Morgan fingerprint density at radius 2 is 1.85 bits per heavy atom. The minimum Gasteiger partial charge on any atom is -0.333 e. The van der Waals surface area contributed by atoms with Gasteiger partial charge in [-0.2, -0.15) is 0 Å². The normalized spacial score (nSPS) is 15.5. The average molecular weight is 470 g/mol. The number of nitrogens with zero attached hydrogens (tertiary/aromatic N) is 1. The van der Waals surface area contributed by atoms with Crippen LogP contribution in [0.2, 0.25) is 5.02 Å². The molecule has 0 spiro atoms. The van der Waals surface area contributed by atoms with Crippen molar-refractivity contribution in [1.82, 2.24) is 10.2 Å². The molecule has 0 saturated carbocycles. The van der Waals surface area contributed by atoms with Crippen LogP contribution in [0.5, 0.6) is 0 Å². The summed E-state index contributed by atoms with van der Waals surface area (Å²) in [7, 11) is 0. The fourth-order valence-corrected chi connectivity index (χ4v) is 4.39. The average Bonchev–Trinajstić information content (AvgIpc) is 2.70. The van der Waals surface area contributed by atoms with Crippen LogP contribution in [0.15, 0.2) is 36.4 Å². The Morgan fingerprint density at radius 1 is 1.15 bits per heavy atom. The number of amides is 2. The molecule has 5 nitrogen and oxygen atoms in total.